The van der Waals surface area contributed by atoms with E-state index in [1.807, 2.05) is 13.8 Å². The number of hydrogen-bond donors (Lipinski definition) is 1. The van der Waals surface area contributed by atoms with Crippen molar-refractivity contribution >= 4 is 28.2 Å². The molecule has 1 aromatic heterocycles. The molecule has 1 amide bonds. The van der Waals surface area contributed by atoms with Gasteiger partial charge in [0, 0.05) is 11.3 Å². The Bertz CT molecular complexity index is 534. The second-order valence-electron chi connectivity index (χ2n) is 5.78. The zero-order valence-corrected chi connectivity index (χ0v) is 13.8. The highest BCUT2D eigenvalue weighted by atomic mass is 32.1. The number of aryl methyl sites for hydroxylation is 1. The molecule has 0 aromatic carbocycles. The minimum Gasteiger partial charge on any atom is -0.462 e. The maximum atomic E-state index is 12.2. The summed E-state index contributed by atoms with van der Waals surface area (Å²) in [7, 11) is 0. The fourth-order valence-electron chi connectivity index (χ4n) is 2.62. The molecule has 2 rings (SSSR count). The number of hydrogen-bond acceptors (Lipinski definition) is 4. The van der Waals surface area contributed by atoms with Gasteiger partial charge < -0.3 is 10.1 Å². The average molecular weight is 309 g/mol. The third-order valence-corrected chi connectivity index (χ3v) is 4.70. The second-order valence-corrected chi connectivity index (χ2v) is 6.89. The average Bonchev–Trinajstić information content (AvgIpc) is 2.75. The van der Waals surface area contributed by atoms with Gasteiger partial charge in [0.05, 0.1) is 12.2 Å². The van der Waals surface area contributed by atoms with Gasteiger partial charge in [-0.2, -0.15) is 0 Å². The van der Waals surface area contributed by atoms with Gasteiger partial charge in [0.25, 0.3) is 0 Å². The zero-order chi connectivity index (χ0) is 15.4. The smallest absolute Gasteiger partial charge is 0.341 e. The zero-order valence-electron chi connectivity index (χ0n) is 13.0. The topological polar surface area (TPSA) is 55.4 Å². The van der Waals surface area contributed by atoms with Crippen LogP contribution in [0.2, 0.25) is 0 Å². The predicted octanol–water partition coefficient (Wildman–Crippen LogP) is 3.79. The number of thiophene rings is 1. The molecule has 5 heteroatoms. The number of amides is 1. The SMILES string of the molecule is CCOC(=O)c1c(NC(=O)CC(C)C)sc2c1CCCC2. The molecule has 0 unspecified atom stereocenters. The predicted molar refractivity (Wildman–Crippen MR) is 85.0 cm³/mol. The van der Waals surface area contributed by atoms with Gasteiger partial charge in [-0.1, -0.05) is 13.8 Å². The fourth-order valence-corrected chi connectivity index (χ4v) is 3.92. The molecule has 21 heavy (non-hydrogen) atoms. The Morgan fingerprint density at radius 3 is 2.67 bits per heavy atom. The van der Waals surface area contributed by atoms with E-state index in [0.29, 0.717) is 29.5 Å². The van der Waals surface area contributed by atoms with Crippen molar-refractivity contribution in [3.05, 3.63) is 16.0 Å². The van der Waals surface area contributed by atoms with E-state index in [2.05, 4.69) is 5.32 Å². The lowest BCUT2D eigenvalue weighted by Crippen LogP contribution is -2.16. The maximum absolute atomic E-state index is 12.2. The van der Waals surface area contributed by atoms with Crippen molar-refractivity contribution < 1.29 is 14.3 Å². The van der Waals surface area contributed by atoms with E-state index in [9.17, 15) is 9.59 Å². The van der Waals surface area contributed by atoms with Crippen molar-refractivity contribution in [1.82, 2.24) is 0 Å². The summed E-state index contributed by atoms with van der Waals surface area (Å²) < 4.78 is 5.17. The van der Waals surface area contributed by atoms with Crippen LogP contribution >= 0.6 is 11.3 Å². The highest BCUT2D eigenvalue weighted by Crippen LogP contribution is 2.38. The van der Waals surface area contributed by atoms with Crippen molar-refractivity contribution in [2.75, 3.05) is 11.9 Å². The first-order chi connectivity index (χ1) is 10.0. The van der Waals surface area contributed by atoms with E-state index in [4.69, 9.17) is 4.74 Å². The first kappa shape index (κ1) is 16.0. The van der Waals surface area contributed by atoms with Crippen molar-refractivity contribution in [3.8, 4) is 0 Å². The molecule has 0 radical (unpaired) electrons. The number of anilines is 1. The Labute approximate surface area is 129 Å². The van der Waals surface area contributed by atoms with Gasteiger partial charge in [0.2, 0.25) is 5.91 Å². The van der Waals surface area contributed by atoms with Gasteiger partial charge in [-0.15, -0.1) is 11.3 Å². The minimum absolute atomic E-state index is 0.0332. The highest BCUT2D eigenvalue weighted by molar-refractivity contribution is 7.17. The summed E-state index contributed by atoms with van der Waals surface area (Å²) in [5, 5.41) is 3.59. The molecule has 0 bridgehead atoms. The van der Waals surface area contributed by atoms with E-state index in [1.165, 1.54) is 16.2 Å². The lowest BCUT2D eigenvalue weighted by molar-refractivity contribution is -0.116. The van der Waals surface area contributed by atoms with E-state index in [0.717, 1.165) is 31.2 Å². The molecule has 1 aliphatic carbocycles. The highest BCUT2D eigenvalue weighted by Gasteiger charge is 2.27. The van der Waals surface area contributed by atoms with Crippen LogP contribution in [-0.4, -0.2) is 18.5 Å². The van der Waals surface area contributed by atoms with Crippen molar-refractivity contribution in [1.29, 1.82) is 0 Å². The van der Waals surface area contributed by atoms with Crippen LogP contribution in [0.15, 0.2) is 0 Å². The summed E-state index contributed by atoms with van der Waals surface area (Å²) in [5.41, 5.74) is 1.68. The van der Waals surface area contributed by atoms with Crippen LogP contribution in [0.1, 0.15) is 60.8 Å². The number of ether oxygens (including phenoxy) is 1. The van der Waals surface area contributed by atoms with E-state index >= 15 is 0 Å². The van der Waals surface area contributed by atoms with Crippen LogP contribution in [0.3, 0.4) is 0 Å². The Morgan fingerprint density at radius 2 is 2.00 bits per heavy atom. The molecule has 0 aliphatic heterocycles. The van der Waals surface area contributed by atoms with Crippen LogP contribution in [0.5, 0.6) is 0 Å². The molecule has 0 atom stereocenters. The number of fused-ring (bicyclic) bond motifs is 1. The third kappa shape index (κ3) is 3.84. The van der Waals surface area contributed by atoms with Crippen molar-refractivity contribution in [2.45, 2.75) is 52.9 Å². The first-order valence-corrected chi connectivity index (χ1v) is 8.46. The quantitative estimate of drug-likeness (QED) is 0.842. The summed E-state index contributed by atoms with van der Waals surface area (Å²) in [4.78, 5) is 25.5. The Hall–Kier alpha value is -1.36. The molecular weight excluding hydrogens is 286 g/mol. The van der Waals surface area contributed by atoms with Gasteiger partial charge in [-0.3, -0.25) is 4.79 Å². The van der Waals surface area contributed by atoms with E-state index in [1.54, 1.807) is 6.92 Å². The summed E-state index contributed by atoms with van der Waals surface area (Å²) in [6.45, 7) is 6.16. The van der Waals surface area contributed by atoms with Crippen LogP contribution in [0, 0.1) is 5.92 Å². The summed E-state index contributed by atoms with van der Waals surface area (Å²) in [6, 6.07) is 0. The summed E-state index contributed by atoms with van der Waals surface area (Å²) in [6.07, 6.45) is 4.60. The van der Waals surface area contributed by atoms with Crippen LogP contribution < -0.4 is 5.32 Å². The molecule has 0 fully saturated rings. The van der Waals surface area contributed by atoms with Crippen molar-refractivity contribution in [2.24, 2.45) is 5.92 Å². The second kappa shape index (κ2) is 7.07. The van der Waals surface area contributed by atoms with Crippen LogP contribution in [0.4, 0.5) is 5.00 Å². The Morgan fingerprint density at radius 1 is 1.29 bits per heavy atom. The minimum atomic E-state index is -0.309. The molecule has 1 aliphatic rings. The van der Waals surface area contributed by atoms with Gasteiger partial charge in [-0.05, 0) is 44.1 Å². The largest absolute Gasteiger partial charge is 0.462 e. The number of esters is 1. The molecule has 1 heterocycles. The van der Waals surface area contributed by atoms with Gasteiger partial charge >= 0.3 is 5.97 Å². The normalized spacial score (nSPS) is 13.9. The van der Waals surface area contributed by atoms with Crippen LogP contribution in [0.25, 0.3) is 0 Å². The Kier molecular flexibility index (Phi) is 5.39. The number of rotatable bonds is 5. The van der Waals surface area contributed by atoms with Gasteiger partial charge in [0.15, 0.2) is 0 Å². The van der Waals surface area contributed by atoms with Gasteiger partial charge in [-0.25, -0.2) is 4.79 Å². The Balaban J connectivity index is 2.28. The van der Waals surface area contributed by atoms with E-state index in [-0.39, 0.29) is 11.9 Å². The molecule has 1 N–H and O–H groups in total. The lowest BCUT2D eigenvalue weighted by Gasteiger charge is -2.12. The number of carbonyl (C=O) groups excluding carboxylic acids is 2. The first-order valence-electron chi connectivity index (χ1n) is 7.64. The molecule has 0 saturated carbocycles. The van der Waals surface area contributed by atoms with Gasteiger partial charge in [0.1, 0.15) is 5.00 Å². The molecule has 116 valence electrons. The maximum Gasteiger partial charge on any atom is 0.341 e. The van der Waals surface area contributed by atoms with Crippen LogP contribution in [-0.2, 0) is 22.4 Å². The number of carbonyl (C=O) groups is 2. The summed E-state index contributed by atoms with van der Waals surface area (Å²) >= 11 is 1.54. The standard InChI is InChI=1S/C16H23NO3S/c1-4-20-16(19)14-11-7-5-6-8-12(11)21-15(14)17-13(18)9-10(2)3/h10H,4-9H2,1-3H3,(H,17,18). The lowest BCUT2D eigenvalue weighted by atomic mass is 9.95. The molecular formula is C16H23NO3S. The van der Waals surface area contributed by atoms with Crippen molar-refractivity contribution in [3.63, 3.8) is 0 Å². The fraction of sp³-hybridized carbons (Fsp3) is 0.625. The molecule has 0 saturated heterocycles. The van der Waals surface area contributed by atoms with E-state index < -0.39 is 0 Å². The monoisotopic (exact) mass is 309 g/mol. The summed E-state index contributed by atoms with van der Waals surface area (Å²) in [5.74, 6) is -0.0449. The molecule has 4 nitrogen and oxygen atoms in total. The number of nitrogens with one attached hydrogen (secondary N) is 1. The molecule has 1 aromatic rings. The third-order valence-electron chi connectivity index (χ3n) is 3.50. The molecule has 0 spiro atoms.